The molecule has 0 radical (unpaired) electrons. The Labute approximate surface area is 194 Å². The van der Waals surface area contributed by atoms with Crippen molar-refractivity contribution in [2.75, 3.05) is 25.5 Å². The van der Waals surface area contributed by atoms with Gasteiger partial charge in [-0.15, -0.1) is 0 Å². The van der Waals surface area contributed by atoms with E-state index in [2.05, 4.69) is 5.32 Å². The summed E-state index contributed by atoms with van der Waals surface area (Å²) in [5.41, 5.74) is -3.60. The molecule has 0 saturated heterocycles. The highest BCUT2D eigenvalue weighted by Gasteiger charge is 2.48. The smallest absolute Gasteiger partial charge is 0.481 e. The van der Waals surface area contributed by atoms with Crippen molar-refractivity contribution in [1.29, 1.82) is 0 Å². The molecule has 1 amide bonds. The van der Waals surface area contributed by atoms with Gasteiger partial charge in [-0.3, -0.25) is 18.3 Å². The van der Waals surface area contributed by atoms with Crippen LogP contribution in [0.3, 0.4) is 0 Å². The number of aliphatic carboxylic acids is 1. The number of rotatable bonds is 16. The monoisotopic (exact) mass is 537 g/mol. The highest BCUT2D eigenvalue weighted by Crippen LogP contribution is 2.58. The lowest BCUT2D eigenvalue weighted by Crippen LogP contribution is -2.46. The third-order valence-electron chi connectivity index (χ3n) is 4.53. The summed E-state index contributed by atoms with van der Waals surface area (Å²) in [4.78, 5) is 43.5. The maximum Gasteiger partial charge on any atom is 0.508 e. The van der Waals surface area contributed by atoms with E-state index in [4.69, 9.17) is 13.7 Å². The van der Waals surface area contributed by atoms with Crippen molar-refractivity contribution in [3.63, 3.8) is 0 Å². The van der Waals surface area contributed by atoms with Gasteiger partial charge in [0.1, 0.15) is 5.66 Å². The molecule has 0 fully saturated rings. The van der Waals surface area contributed by atoms with Crippen LogP contribution in [-0.2, 0) is 42.5 Å². The van der Waals surface area contributed by atoms with Crippen LogP contribution in [0.4, 0.5) is 4.79 Å². The predicted molar refractivity (Wildman–Crippen MR) is 120 cm³/mol. The zero-order valence-corrected chi connectivity index (χ0v) is 21.8. The van der Waals surface area contributed by atoms with Gasteiger partial charge in [-0.1, -0.05) is 20.8 Å². The van der Waals surface area contributed by atoms with Crippen molar-refractivity contribution in [2.24, 2.45) is 5.41 Å². The normalized spacial score (nSPS) is 15.7. The van der Waals surface area contributed by atoms with Crippen LogP contribution in [0, 0.1) is 5.41 Å². The minimum Gasteiger partial charge on any atom is -0.481 e. The van der Waals surface area contributed by atoms with Crippen LogP contribution in [0.1, 0.15) is 47.0 Å². The summed E-state index contributed by atoms with van der Waals surface area (Å²) >= 11 is 0. The van der Waals surface area contributed by atoms with Crippen molar-refractivity contribution in [3.8, 4) is 0 Å². The second-order valence-electron chi connectivity index (χ2n) is 7.68. The summed E-state index contributed by atoms with van der Waals surface area (Å²) in [6.45, 7) is 5.24. The minimum atomic E-state index is -4.27. The van der Waals surface area contributed by atoms with E-state index < -0.39 is 67.0 Å². The van der Waals surface area contributed by atoms with Crippen LogP contribution in [-0.4, -0.2) is 73.7 Å². The Morgan fingerprint density at radius 1 is 1.12 bits per heavy atom. The number of carboxylic acid groups (broad SMARTS) is 1. The number of ether oxygens (including phenoxy) is 2. The quantitative estimate of drug-likeness (QED) is 0.111. The Bertz CT molecular complexity index is 830. The standard InChI is InChI=1S/C17H33NO12P2S/c1-5-9-28-16(22)29-10-7-13(30-33(26,27)11-6-8-18-12(2)19)17(3,4)14(15(20)21)31(23)32(24)25/h13-14,31-32H,5-11H2,1-4H3,(H,18,19)(H,20,21)(H,24,25)/t13?,14-/m0/s1. The zero-order chi connectivity index (χ0) is 25.8. The summed E-state index contributed by atoms with van der Waals surface area (Å²) < 4.78 is 63.5. The van der Waals surface area contributed by atoms with Crippen molar-refractivity contribution in [2.45, 2.75) is 58.7 Å². The molecule has 0 bridgehead atoms. The maximum atomic E-state index is 12.5. The van der Waals surface area contributed by atoms with E-state index in [1.165, 1.54) is 20.8 Å². The van der Waals surface area contributed by atoms with E-state index in [9.17, 15) is 41.9 Å². The Hall–Kier alpha value is -1.46. The molecule has 16 heteroatoms. The summed E-state index contributed by atoms with van der Waals surface area (Å²) in [6.07, 6.45) is -2.28. The Morgan fingerprint density at radius 3 is 2.18 bits per heavy atom. The van der Waals surface area contributed by atoms with Crippen molar-refractivity contribution in [1.82, 2.24) is 5.32 Å². The number of amides is 1. The fraction of sp³-hybridized carbons (Fsp3) is 0.824. The van der Waals surface area contributed by atoms with Crippen molar-refractivity contribution < 1.29 is 55.6 Å². The zero-order valence-electron chi connectivity index (χ0n) is 19.0. The van der Waals surface area contributed by atoms with Gasteiger partial charge in [-0.25, -0.2) is 4.79 Å². The first kappa shape index (κ1) is 31.5. The molecule has 0 rings (SSSR count). The van der Waals surface area contributed by atoms with Crippen molar-refractivity contribution >= 4 is 43.4 Å². The topological polar surface area (TPSA) is 200 Å². The summed E-state index contributed by atoms with van der Waals surface area (Å²) in [5, 5.41) is 12.0. The van der Waals surface area contributed by atoms with Crippen LogP contribution in [0.2, 0.25) is 0 Å². The third kappa shape index (κ3) is 12.0. The molecule has 13 nitrogen and oxygen atoms in total. The first-order valence-electron chi connectivity index (χ1n) is 10.1. The molecule has 0 aromatic rings. The second-order valence-corrected chi connectivity index (χ2v) is 14.1. The van der Waals surface area contributed by atoms with Crippen LogP contribution >= 0.6 is 15.2 Å². The van der Waals surface area contributed by atoms with Gasteiger partial charge in [0.05, 0.1) is 25.1 Å². The molecular weight excluding hydrogens is 504 g/mol. The van der Waals surface area contributed by atoms with E-state index in [1.807, 2.05) is 0 Å². The largest absolute Gasteiger partial charge is 0.508 e. The number of carbonyl (C=O) groups is 3. The molecule has 33 heavy (non-hydrogen) atoms. The van der Waals surface area contributed by atoms with Crippen LogP contribution in [0.25, 0.3) is 0 Å². The molecule has 0 heterocycles. The number of hydrogen-bond acceptors (Lipinski definition) is 10. The molecule has 3 N–H and O–H groups in total. The van der Waals surface area contributed by atoms with Gasteiger partial charge in [0.15, 0.2) is 7.49 Å². The molecule has 0 aromatic heterocycles. The Morgan fingerprint density at radius 2 is 1.70 bits per heavy atom. The first-order chi connectivity index (χ1) is 15.2. The summed E-state index contributed by atoms with van der Waals surface area (Å²) in [6, 6.07) is 0. The Balaban J connectivity index is 5.67. The first-order valence-corrected chi connectivity index (χ1v) is 15.5. The molecule has 194 valence electrons. The van der Waals surface area contributed by atoms with Gasteiger partial charge in [0, 0.05) is 25.3 Å². The van der Waals surface area contributed by atoms with Crippen LogP contribution < -0.4 is 5.32 Å². The molecule has 0 spiro atoms. The molecule has 0 aliphatic rings. The van der Waals surface area contributed by atoms with E-state index in [0.717, 1.165) is 0 Å². The molecule has 0 aliphatic heterocycles. The lowest BCUT2D eigenvalue weighted by Gasteiger charge is -2.37. The number of carboxylic acids is 1. The highest BCUT2D eigenvalue weighted by molar-refractivity contribution is 8.16. The number of carbonyl (C=O) groups excluding carboxylic acids is 2. The van der Waals surface area contributed by atoms with Gasteiger partial charge >= 0.3 is 12.1 Å². The predicted octanol–water partition coefficient (Wildman–Crippen LogP) is 1.60. The summed E-state index contributed by atoms with van der Waals surface area (Å²) in [7, 11) is -11.6. The molecular formula is C17H33NO12P2S. The lowest BCUT2D eigenvalue weighted by atomic mass is 9.81. The fourth-order valence-electron chi connectivity index (χ4n) is 2.84. The second kappa shape index (κ2) is 14.7. The van der Waals surface area contributed by atoms with E-state index in [1.54, 1.807) is 6.92 Å². The molecule has 0 aromatic carbocycles. The number of hydrogen-bond donors (Lipinski definition) is 3. The maximum absolute atomic E-state index is 12.5. The van der Waals surface area contributed by atoms with Gasteiger partial charge in [-0.2, -0.15) is 8.42 Å². The van der Waals surface area contributed by atoms with Gasteiger partial charge in [0.2, 0.25) is 13.6 Å². The van der Waals surface area contributed by atoms with Crippen LogP contribution in [0.15, 0.2) is 0 Å². The van der Waals surface area contributed by atoms with Gasteiger partial charge in [-0.05, 0) is 12.8 Å². The molecule has 0 aliphatic carbocycles. The average Bonchev–Trinajstić information content (AvgIpc) is 2.68. The van der Waals surface area contributed by atoms with Crippen LogP contribution in [0.5, 0.6) is 0 Å². The lowest BCUT2D eigenvalue weighted by molar-refractivity contribution is -0.140. The third-order valence-corrected chi connectivity index (χ3v) is 9.91. The molecule has 4 atom stereocenters. The van der Waals surface area contributed by atoms with Crippen molar-refractivity contribution in [3.05, 3.63) is 0 Å². The SMILES string of the molecule is CCCOC(=O)OCCC(OS(=O)(=O)CCCNC(C)=O)C(C)(C)[C@H](C(=O)O)[PH](=O)[PH](=O)O. The molecule has 3 unspecified atom stereocenters. The summed E-state index contributed by atoms with van der Waals surface area (Å²) in [5.74, 6) is -2.53. The Kier molecular flexibility index (Phi) is 14.1. The van der Waals surface area contributed by atoms with E-state index >= 15 is 0 Å². The van der Waals surface area contributed by atoms with Gasteiger partial charge in [0.25, 0.3) is 10.1 Å². The van der Waals surface area contributed by atoms with E-state index in [0.29, 0.717) is 6.42 Å². The van der Waals surface area contributed by atoms with Gasteiger partial charge < -0.3 is 29.4 Å². The average molecular weight is 537 g/mol. The highest BCUT2D eigenvalue weighted by atomic mass is 32.2. The minimum absolute atomic E-state index is 0.00178. The van der Waals surface area contributed by atoms with E-state index in [-0.39, 0.29) is 31.9 Å². The molecule has 0 saturated carbocycles. The number of nitrogens with one attached hydrogen (secondary N) is 1. The fourth-order valence-corrected chi connectivity index (χ4v) is 7.69.